The third-order valence-electron chi connectivity index (χ3n) is 4.28. The second-order valence-corrected chi connectivity index (χ2v) is 6.05. The van der Waals surface area contributed by atoms with Gasteiger partial charge in [0.25, 0.3) is 11.8 Å². The third kappa shape index (κ3) is 3.31. The summed E-state index contributed by atoms with van der Waals surface area (Å²) in [5.74, 6) is -1.03. The van der Waals surface area contributed by atoms with Crippen LogP contribution >= 0.6 is 0 Å². The lowest BCUT2D eigenvalue weighted by molar-refractivity contribution is 0.0706. The molecule has 2 aromatic carbocycles. The zero-order valence-corrected chi connectivity index (χ0v) is 14.5. The van der Waals surface area contributed by atoms with Crippen molar-refractivity contribution in [3.8, 4) is 0 Å². The van der Waals surface area contributed by atoms with E-state index in [1.165, 1.54) is 18.3 Å². The van der Waals surface area contributed by atoms with Crippen LogP contribution in [0.2, 0.25) is 0 Å². The number of amides is 2. The Morgan fingerprint density at radius 1 is 1.00 bits per heavy atom. The molecule has 8 nitrogen and oxygen atoms in total. The van der Waals surface area contributed by atoms with Gasteiger partial charge in [-0.15, -0.1) is 0 Å². The molecule has 8 heteroatoms. The molecule has 0 atom stereocenters. The topological polar surface area (TPSA) is 119 Å². The summed E-state index contributed by atoms with van der Waals surface area (Å²) < 4.78 is 0. The van der Waals surface area contributed by atoms with Crippen LogP contribution in [0.4, 0.5) is 0 Å². The summed E-state index contributed by atoms with van der Waals surface area (Å²) in [6.07, 6.45) is 3.07. The molecule has 0 unspecified atom stereocenters. The summed E-state index contributed by atoms with van der Waals surface area (Å²) in [6.45, 7) is 0. The molecule has 4 N–H and O–H groups in total. The van der Waals surface area contributed by atoms with Crippen LogP contribution in [0.3, 0.4) is 0 Å². The second kappa shape index (κ2) is 7.29. The van der Waals surface area contributed by atoms with Crippen molar-refractivity contribution >= 4 is 39.8 Å². The van der Waals surface area contributed by atoms with Crippen LogP contribution < -0.4 is 10.9 Å². The Kier molecular flexibility index (Phi) is 4.53. The SMILES string of the molecule is O=C(NO)c1ccc(C=NNC(=O)c2cc3c(cn2)[nH]c2ccccc23)cc1. The van der Waals surface area contributed by atoms with Gasteiger partial charge in [-0.05, 0) is 29.8 Å². The van der Waals surface area contributed by atoms with E-state index in [1.807, 2.05) is 24.3 Å². The maximum Gasteiger partial charge on any atom is 0.289 e. The third-order valence-corrected chi connectivity index (χ3v) is 4.28. The number of hydrogen-bond acceptors (Lipinski definition) is 5. The molecule has 0 spiro atoms. The monoisotopic (exact) mass is 373 g/mol. The van der Waals surface area contributed by atoms with Crippen LogP contribution in [-0.2, 0) is 0 Å². The van der Waals surface area contributed by atoms with Gasteiger partial charge in [-0.1, -0.05) is 30.3 Å². The molecule has 2 aromatic heterocycles. The van der Waals surface area contributed by atoms with Crippen molar-refractivity contribution in [2.75, 3.05) is 0 Å². The lowest BCUT2D eigenvalue weighted by Gasteiger charge is -2.01. The molecule has 0 radical (unpaired) electrons. The molecule has 0 bridgehead atoms. The fourth-order valence-corrected chi connectivity index (χ4v) is 2.88. The highest BCUT2D eigenvalue weighted by atomic mass is 16.5. The summed E-state index contributed by atoms with van der Waals surface area (Å²) in [5, 5.41) is 14.5. The van der Waals surface area contributed by atoms with Crippen molar-refractivity contribution in [1.82, 2.24) is 20.9 Å². The number of hydrazone groups is 1. The first-order valence-corrected chi connectivity index (χ1v) is 8.40. The van der Waals surface area contributed by atoms with Crippen LogP contribution in [-0.4, -0.2) is 33.2 Å². The normalized spacial score (nSPS) is 11.2. The molecule has 0 saturated heterocycles. The first-order valence-electron chi connectivity index (χ1n) is 8.40. The van der Waals surface area contributed by atoms with Crippen LogP contribution in [0.25, 0.3) is 21.8 Å². The number of hydroxylamine groups is 1. The molecule has 0 fully saturated rings. The zero-order chi connectivity index (χ0) is 19.5. The van der Waals surface area contributed by atoms with E-state index in [4.69, 9.17) is 5.21 Å². The number of nitrogens with one attached hydrogen (secondary N) is 3. The lowest BCUT2D eigenvalue weighted by atomic mass is 10.1. The number of pyridine rings is 1. The number of carbonyl (C=O) groups excluding carboxylic acids is 2. The first-order chi connectivity index (χ1) is 13.7. The standard InChI is InChI=1S/C20H15N5O3/c26-19(25-28)13-7-5-12(6-8-13)10-22-24-20(27)17-9-15-14-3-1-2-4-16(14)23-18(15)11-21-17/h1-11,23,28H,(H,24,27)(H,25,26). The number of hydrogen-bond donors (Lipinski definition) is 4. The van der Waals surface area contributed by atoms with Gasteiger partial charge in [-0.25, -0.2) is 15.9 Å². The fourth-order valence-electron chi connectivity index (χ4n) is 2.88. The van der Waals surface area contributed by atoms with Gasteiger partial charge in [0.15, 0.2) is 0 Å². The number of nitrogens with zero attached hydrogens (tertiary/aromatic N) is 2. The Labute approximate surface area is 158 Å². The van der Waals surface area contributed by atoms with Gasteiger partial charge < -0.3 is 4.98 Å². The average molecular weight is 373 g/mol. The van der Waals surface area contributed by atoms with Gasteiger partial charge in [-0.3, -0.25) is 14.8 Å². The highest BCUT2D eigenvalue weighted by molar-refractivity contribution is 6.09. The van der Waals surface area contributed by atoms with Crippen LogP contribution in [0.1, 0.15) is 26.4 Å². The molecule has 138 valence electrons. The van der Waals surface area contributed by atoms with Crippen molar-refractivity contribution in [1.29, 1.82) is 0 Å². The van der Waals surface area contributed by atoms with Gasteiger partial charge in [-0.2, -0.15) is 5.10 Å². The molecule has 4 rings (SSSR count). The molecular weight excluding hydrogens is 358 g/mol. The Balaban J connectivity index is 1.49. The number of fused-ring (bicyclic) bond motifs is 3. The minimum absolute atomic E-state index is 0.254. The van der Waals surface area contributed by atoms with Crippen LogP contribution in [0.5, 0.6) is 0 Å². The molecule has 28 heavy (non-hydrogen) atoms. The molecule has 4 aromatic rings. The Morgan fingerprint density at radius 2 is 1.79 bits per heavy atom. The fraction of sp³-hybridized carbons (Fsp3) is 0. The van der Waals surface area contributed by atoms with Crippen molar-refractivity contribution < 1.29 is 14.8 Å². The summed E-state index contributed by atoms with van der Waals surface area (Å²) in [4.78, 5) is 31.1. The highest BCUT2D eigenvalue weighted by Crippen LogP contribution is 2.24. The number of aromatic amines is 1. The Bertz CT molecular complexity index is 1210. The van der Waals surface area contributed by atoms with E-state index in [1.54, 1.807) is 29.9 Å². The maximum absolute atomic E-state index is 12.3. The number of benzene rings is 2. The second-order valence-electron chi connectivity index (χ2n) is 6.05. The molecule has 2 heterocycles. The van der Waals surface area contributed by atoms with E-state index in [0.29, 0.717) is 11.1 Å². The quantitative estimate of drug-likeness (QED) is 0.250. The van der Waals surface area contributed by atoms with E-state index in [0.717, 1.165) is 21.8 Å². The number of carbonyl (C=O) groups is 2. The summed E-state index contributed by atoms with van der Waals surface area (Å²) in [5.41, 5.74) is 7.07. The summed E-state index contributed by atoms with van der Waals surface area (Å²) in [7, 11) is 0. The largest absolute Gasteiger partial charge is 0.353 e. The van der Waals surface area contributed by atoms with Crippen molar-refractivity contribution in [2.24, 2.45) is 5.10 Å². The number of rotatable bonds is 4. The number of aromatic nitrogens is 2. The van der Waals surface area contributed by atoms with Crippen LogP contribution in [0.15, 0.2) is 65.9 Å². The summed E-state index contributed by atoms with van der Waals surface area (Å²) >= 11 is 0. The summed E-state index contributed by atoms with van der Waals surface area (Å²) in [6, 6.07) is 15.9. The predicted molar refractivity (Wildman–Crippen MR) is 104 cm³/mol. The van der Waals surface area contributed by atoms with Gasteiger partial charge >= 0.3 is 0 Å². The Hall–Kier alpha value is -4.04. The minimum Gasteiger partial charge on any atom is -0.353 e. The van der Waals surface area contributed by atoms with E-state index in [-0.39, 0.29) is 5.69 Å². The van der Waals surface area contributed by atoms with Gasteiger partial charge in [0.2, 0.25) is 0 Å². The van der Waals surface area contributed by atoms with Gasteiger partial charge in [0, 0.05) is 21.9 Å². The lowest BCUT2D eigenvalue weighted by Crippen LogP contribution is -2.19. The first kappa shape index (κ1) is 17.4. The molecule has 0 aliphatic heterocycles. The molecule has 2 amide bonds. The number of H-pyrrole nitrogens is 1. The van der Waals surface area contributed by atoms with Crippen LogP contribution in [0, 0.1) is 0 Å². The Morgan fingerprint density at radius 3 is 2.57 bits per heavy atom. The zero-order valence-electron chi connectivity index (χ0n) is 14.5. The van der Waals surface area contributed by atoms with E-state index in [2.05, 4.69) is 20.5 Å². The smallest absolute Gasteiger partial charge is 0.289 e. The predicted octanol–water partition coefficient (Wildman–Crippen LogP) is 2.60. The molecular formula is C20H15N5O3. The highest BCUT2D eigenvalue weighted by Gasteiger charge is 2.10. The minimum atomic E-state index is -0.601. The molecule has 0 saturated carbocycles. The van der Waals surface area contributed by atoms with E-state index < -0.39 is 11.8 Å². The average Bonchev–Trinajstić information content (AvgIpc) is 3.11. The molecule has 0 aliphatic carbocycles. The van der Waals surface area contributed by atoms with Crippen molar-refractivity contribution in [3.05, 3.63) is 77.6 Å². The van der Waals surface area contributed by atoms with Gasteiger partial charge in [0.05, 0.1) is 17.9 Å². The maximum atomic E-state index is 12.3. The van der Waals surface area contributed by atoms with Crippen molar-refractivity contribution in [3.63, 3.8) is 0 Å². The van der Waals surface area contributed by atoms with E-state index in [9.17, 15) is 9.59 Å². The van der Waals surface area contributed by atoms with Crippen molar-refractivity contribution in [2.45, 2.75) is 0 Å². The number of para-hydroxylation sites is 1. The molecule has 0 aliphatic rings. The van der Waals surface area contributed by atoms with Gasteiger partial charge in [0.1, 0.15) is 5.69 Å². The van der Waals surface area contributed by atoms with E-state index >= 15 is 0 Å².